The van der Waals surface area contributed by atoms with Crippen molar-refractivity contribution in [1.29, 1.82) is 0 Å². The minimum atomic E-state index is -0.00482. The summed E-state index contributed by atoms with van der Waals surface area (Å²) in [7, 11) is 0. The topological polar surface area (TPSA) is 38.8 Å². The van der Waals surface area contributed by atoms with Crippen LogP contribution in [0.4, 0.5) is 0 Å². The summed E-state index contributed by atoms with van der Waals surface area (Å²) in [4.78, 5) is 16.1. The highest BCUT2D eigenvalue weighted by molar-refractivity contribution is 8.06. The molecule has 0 saturated carbocycles. The lowest BCUT2D eigenvalue weighted by Crippen LogP contribution is -2.18. The van der Waals surface area contributed by atoms with Crippen molar-refractivity contribution in [2.45, 2.75) is 33.6 Å². The molecule has 0 radical (unpaired) electrons. The van der Waals surface area contributed by atoms with Crippen molar-refractivity contribution in [3.63, 3.8) is 0 Å². The van der Waals surface area contributed by atoms with E-state index in [1.54, 1.807) is 36.0 Å². The van der Waals surface area contributed by atoms with Gasteiger partial charge in [0, 0.05) is 28.8 Å². The first-order chi connectivity index (χ1) is 11.1. The van der Waals surface area contributed by atoms with Gasteiger partial charge in [-0.2, -0.15) is 0 Å². The summed E-state index contributed by atoms with van der Waals surface area (Å²) < 4.78 is 10.6. The van der Waals surface area contributed by atoms with Gasteiger partial charge in [-0.3, -0.25) is 4.79 Å². The first-order valence-corrected chi connectivity index (χ1v) is 8.70. The molecule has 2 aliphatic heterocycles. The summed E-state index contributed by atoms with van der Waals surface area (Å²) in [6, 6.07) is 5.33. The van der Waals surface area contributed by atoms with E-state index in [0.29, 0.717) is 17.1 Å². The molecule has 0 aliphatic carbocycles. The average molecular weight is 331 g/mol. The second-order valence-corrected chi connectivity index (χ2v) is 6.90. The maximum absolute atomic E-state index is 12.6. The zero-order valence-corrected chi connectivity index (χ0v) is 14.5. The Morgan fingerprint density at radius 3 is 2.87 bits per heavy atom. The minimum absolute atomic E-state index is 0.00482. The second kappa shape index (κ2) is 6.71. The van der Waals surface area contributed by atoms with Gasteiger partial charge in [0.25, 0.3) is 0 Å². The highest BCUT2D eigenvalue weighted by atomic mass is 32.2. The first-order valence-electron chi connectivity index (χ1n) is 7.88. The number of fused-ring (bicyclic) bond motifs is 1. The second-order valence-electron chi connectivity index (χ2n) is 5.66. The summed E-state index contributed by atoms with van der Waals surface area (Å²) in [5, 5.41) is 1.01. The SMILES string of the molecule is CCCCN1C(C)=C(C)S/C1=C\C(=O)c1ccc2c(c1)OCO2. The summed E-state index contributed by atoms with van der Waals surface area (Å²) >= 11 is 1.67. The molecule has 0 atom stereocenters. The van der Waals surface area contributed by atoms with Crippen LogP contribution in [0, 0.1) is 0 Å². The normalized spacial score (nSPS) is 18.2. The van der Waals surface area contributed by atoms with Crippen molar-refractivity contribution in [3.05, 3.63) is 45.5 Å². The van der Waals surface area contributed by atoms with Crippen molar-refractivity contribution in [2.75, 3.05) is 13.3 Å². The number of hydrogen-bond acceptors (Lipinski definition) is 5. The van der Waals surface area contributed by atoms with Gasteiger partial charge in [-0.25, -0.2) is 0 Å². The van der Waals surface area contributed by atoms with E-state index in [-0.39, 0.29) is 12.6 Å². The molecule has 1 aromatic carbocycles. The van der Waals surface area contributed by atoms with E-state index in [1.165, 1.54) is 10.6 Å². The molecule has 0 N–H and O–H groups in total. The molecule has 5 heteroatoms. The number of hydrogen-bond donors (Lipinski definition) is 0. The number of allylic oxidation sites excluding steroid dienone is 3. The smallest absolute Gasteiger partial charge is 0.231 e. The van der Waals surface area contributed by atoms with Gasteiger partial charge < -0.3 is 14.4 Å². The van der Waals surface area contributed by atoms with E-state index in [0.717, 1.165) is 24.4 Å². The van der Waals surface area contributed by atoms with Gasteiger partial charge in [0.15, 0.2) is 17.3 Å². The molecule has 122 valence electrons. The monoisotopic (exact) mass is 331 g/mol. The van der Waals surface area contributed by atoms with Gasteiger partial charge in [0.2, 0.25) is 6.79 Å². The number of ether oxygens (including phenoxy) is 2. The van der Waals surface area contributed by atoms with Crippen LogP contribution in [0.2, 0.25) is 0 Å². The standard InChI is InChI=1S/C18H21NO3S/c1-4-5-8-19-12(2)13(3)23-18(19)10-15(20)14-6-7-16-17(9-14)22-11-21-16/h6-7,9-10H,4-5,8,11H2,1-3H3/b18-10-. The van der Waals surface area contributed by atoms with E-state index < -0.39 is 0 Å². The van der Waals surface area contributed by atoms with Crippen LogP contribution in [-0.4, -0.2) is 24.0 Å². The molecular weight excluding hydrogens is 310 g/mol. The largest absolute Gasteiger partial charge is 0.454 e. The van der Waals surface area contributed by atoms with Crippen LogP contribution in [0.25, 0.3) is 0 Å². The summed E-state index contributed by atoms with van der Waals surface area (Å²) in [5.74, 6) is 1.33. The Kier molecular flexibility index (Phi) is 4.66. The summed E-state index contributed by atoms with van der Waals surface area (Å²) in [6.07, 6.45) is 3.98. The molecule has 1 aromatic rings. The van der Waals surface area contributed by atoms with E-state index in [9.17, 15) is 4.79 Å². The van der Waals surface area contributed by atoms with Gasteiger partial charge >= 0.3 is 0 Å². The van der Waals surface area contributed by atoms with Gasteiger partial charge in [-0.15, -0.1) is 0 Å². The fraction of sp³-hybridized carbons (Fsp3) is 0.389. The van der Waals surface area contributed by atoms with Crippen molar-refractivity contribution in [1.82, 2.24) is 4.90 Å². The lowest BCUT2D eigenvalue weighted by atomic mass is 10.1. The summed E-state index contributed by atoms with van der Waals surface area (Å²) in [5.41, 5.74) is 1.87. The van der Waals surface area contributed by atoms with Crippen LogP contribution in [0.1, 0.15) is 44.0 Å². The molecule has 2 aliphatic rings. The van der Waals surface area contributed by atoms with Gasteiger partial charge in [-0.1, -0.05) is 25.1 Å². The van der Waals surface area contributed by atoms with Crippen molar-refractivity contribution in [2.24, 2.45) is 0 Å². The number of unbranched alkanes of at least 4 members (excludes halogenated alkanes) is 1. The van der Waals surface area contributed by atoms with Crippen molar-refractivity contribution in [3.8, 4) is 11.5 Å². The number of carbonyl (C=O) groups excluding carboxylic acids is 1. The quantitative estimate of drug-likeness (QED) is 0.585. The Labute approximate surface area is 141 Å². The van der Waals surface area contributed by atoms with E-state index in [4.69, 9.17) is 9.47 Å². The molecule has 0 unspecified atom stereocenters. The zero-order valence-electron chi connectivity index (χ0n) is 13.7. The van der Waals surface area contributed by atoms with Gasteiger partial charge in [0.1, 0.15) is 0 Å². The minimum Gasteiger partial charge on any atom is -0.454 e. The zero-order chi connectivity index (χ0) is 16.4. The fourth-order valence-corrected chi connectivity index (χ4v) is 3.66. The molecule has 23 heavy (non-hydrogen) atoms. The number of rotatable bonds is 5. The van der Waals surface area contributed by atoms with E-state index in [2.05, 4.69) is 25.7 Å². The molecule has 2 heterocycles. The van der Waals surface area contributed by atoms with Crippen LogP contribution in [0.5, 0.6) is 11.5 Å². The molecule has 0 bridgehead atoms. The third-order valence-corrected chi connectivity index (χ3v) is 5.23. The van der Waals surface area contributed by atoms with Gasteiger partial charge in [0.05, 0.1) is 5.03 Å². The number of nitrogens with zero attached hydrogens (tertiary/aromatic N) is 1. The van der Waals surface area contributed by atoms with E-state index >= 15 is 0 Å². The first kappa shape index (κ1) is 16.0. The third-order valence-electron chi connectivity index (χ3n) is 4.09. The third kappa shape index (κ3) is 3.24. The molecule has 0 aromatic heterocycles. The molecule has 0 amide bonds. The fourth-order valence-electron chi connectivity index (χ4n) is 2.59. The lowest BCUT2D eigenvalue weighted by Gasteiger charge is -2.21. The molecular formula is C18H21NO3S. The Bertz CT molecular complexity index is 694. The van der Waals surface area contributed by atoms with Crippen LogP contribution >= 0.6 is 11.8 Å². The Morgan fingerprint density at radius 1 is 1.30 bits per heavy atom. The maximum atomic E-state index is 12.6. The Morgan fingerprint density at radius 2 is 2.09 bits per heavy atom. The number of carbonyl (C=O) groups is 1. The predicted molar refractivity (Wildman–Crippen MR) is 92.6 cm³/mol. The van der Waals surface area contributed by atoms with E-state index in [1.807, 2.05) is 0 Å². The van der Waals surface area contributed by atoms with Crippen LogP contribution < -0.4 is 9.47 Å². The molecule has 0 spiro atoms. The lowest BCUT2D eigenvalue weighted by molar-refractivity contribution is 0.104. The Hall–Kier alpha value is -1.88. The molecule has 3 rings (SSSR count). The van der Waals surface area contributed by atoms with Crippen LogP contribution in [-0.2, 0) is 0 Å². The highest BCUT2D eigenvalue weighted by Crippen LogP contribution is 2.41. The van der Waals surface area contributed by atoms with Crippen molar-refractivity contribution >= 4 is 17.5 Å². The number of ketones is 1. The molecule has 0 fully saturated rings. The molecule has 4 nitrogen and oxygen atoms in total. The van der Waals surface area contributed by atoms with Gasteiger partial charge in [-0.05, 0) is 38.5 Å². The highest BCUT2D eigenvalue weighted by Gasteiger charge is 2.23. The molecule has 0 saturated heterocycles. The summed E-state index contributed by atoms with van der Waals surface area (Å²) in [6.45, 7) is 7.56. The van der Waals surface area contributed by atoms with Crippen molar-refractivity contribution < 1.29 is 14.3 Å². The average Bonchev–Trinajstić information content (AvgIpc) is 3.11. The predicted octanol–water partition coefficient (Wildman–Crippen LogP) is 4.54. The number of thioether (sulfide) groups is 1. The van der Waals surface area contributed by atoms with Crippen LogP contribution in [0.15, 0.2) is 39.9 Å². The maximum Gasteiger partial charge on any atom is 0.231 e. The van der Waals surface area contributed by atoms with Crippen LogP contribution in [0.3, 0.4) is 0 Å². The Balaban J connectivity index is 1.81. The number of benzene rings is 1.